The van der Waals surface area contributed by atoms with Gasteiger partial charge in [-0.15, -0.1) is 12.3 Å². The van der Waals surface area contributed by atoms with Gasteiger partial charge in [-0.05, 0) is 12.8 Å². The van der Waals surface area contributed by atoms with Crippen LogP contribution in [0, 0.1) is 12.3 Å². The maximum absolute atomic E-state index is 8.46. The second kappa shape index (κ2) is 5.61. The summed E-state index contributed by atoms with van der Waals surface area (Å²) in [5, 5.41) is 8.46. The normalized spacial score (nSPS) is 12.6. The van der Waals surface area contributed by atoms with Gasteiger partial charge >= 0.3 is 0 Å². The first kappa shape index (κ1) is 8.48. The summed E-state index contributed by atoms with van der Waals surface area (Å²) >= 11 is 0. The van der Waals surface area contributed by atoms with E-state index in [1.807, 2.05) is 0 Å². The molecule has 2 nitrogen and oxygen atoms in total. The van der Waals surface area contributed by atoms with E-state index in [1.165, 1.54) is 0 Å². The molecule has 1 atom stereocenters. The van der Waals surface area contributed by atoms with Crippen LogP contribution in [0.2, 0.25) is 0 Å². The van der Waals surface area contributed by atoms with Gasteiger partial charge in [-0.1, -0.05) is 0 Å². The zero-order valence-electron chi connectivity index (χ0n) is 5.51. The van der Waals surface area contributed by atoms with Crippen molar-refractivity contribution >= 4 is 0 Å². The molecule has 0 unspecified atom stereocenters. The molecule has 0 saturated heterocycles. The highest BCUT2D eigenvalue weighted by molar-refractivity contribution is 4.83. The molecule has 0 bridgehead atoms. The van der Waals surface area contributed by atoms with Crippen molar-refractivity contribution in [3.8, 4) is 12.3 Å². The average Bonchev–Trinajstić information content (AvgIpc) is 1.89. The summed E-state index contributed by atoms with van der Waals surface area (Å²) in [6.45, 7) is 0.0601. The summed E-state index contributed by atoms with van der Waals surface area (Å²) < 4.78 is 0. The highest BCUT2D eigenvalue weighted by Crippen LogP contribution is 1.95. The SMILES string of the molecule is C#CCCC[C@@H](N)CO. The summed E-state index contributed by atoms with van der Waals surface area (Å²) in [5.74, 6) is 2.51. The Bertz CT molecular complexity index is 95.6. The van der Waals surface area contributed by atoms with E-state index in [-0.39, 0.29) is 12.6 Å². The largest absolute Gasteiger partial charge is 0.395 e. The number of rotatable bonds is 4. The summed E-state index contributed by atoms with van der Waals surface area (Å²) in [6.07, 6.45) is 7.50. The lowest BCUT2D eigenvalue weighted by Gasteiger charge is -2.03. The second-order valence-electron chi connectivity index (χ2n) is 2.04. The van der Waals surface area contributed by atoms with Crippen LogP contribution in [0.5, 0.6) is 0 Å². The van der Waals surface area contributed by atoms with Crippen LogP contribution in [0.25, 0.3) is 0 Å². The summed E-state index contributed by atoms with van der Waals surface area (Å²) in [6, 6.07) is -0.0849. The minimum Gasteiger partial charge on any atom is -0.395 e. The zero-order chi connectivity index (χ0) is 7.11. The summed E-state index contributed by atoms with van der Waals surface area (Å²) in [5.41, 5.74) is 5.40. The van der Waals surface area contributed by atoms with Gasteiger partial charge in [-0.25, -0.2) is 0 Å². The Labute approximate surface area is 56.1 Å². The average molecular weight is 127 g/mol. The Kier molecular flexibility index (Phi) is 5.29. The predicted octanol–water partition coefficient (Wildman–Crippen LogP) is 0.109. The standard InChI is InChI=1S/C7H13NO/c1-2-3-4-5-7(8)6-9/h1,7,9H,3-6,8H2/t7-/m1/s1. The van der Waals surface area contributed by atoms with Crippen LogP contribution in [-0.2, 0) is 0 Å². The molecule has 0 fully saturated rings. The highest BCUT2D eigenvalue weighted by atomic mass is 16.3. The van der Waals surface area contributed by atoms with Crippen molar-refractivity contribution in [2.24, 2.45) is 5.73 Å². The van der Waals surface area contributed by atoms with Gasteiger partial charge in [-0.3, -0.25) is 0 Å². The van der Waals surface area contributed by atoms with Crippen molar-refractivity contribution in [3.05, 3.63) is 0 Å². The highest BCUT2D eigenvalue weighted by Gasteiger charge is 1.96. The molecule has 0 saturated carbocycles. The molecule has 0 spiro atoms. The van der Waals surface area contributed by atoms with Crippen molar-refractivity contribution in [1.82, 2.24) is 0 Å². The number of aliphatic hydroxyl groups excluding tert-OH is 1. The quantitative estimate of drug-likeness (QED) is 0.416. The fraction of sp³-hybridized carbons (Fsp3) is 0.714. The Morgan fingerprint density at radius 1 is 1.67 bits per heavy atom. The number of aliphatic hydroxyl groups is 1. The number of unbranched alkanes of at least 4 members (excludes halogenated alkanes) is 1. The predicted molar refractivity (Wildman–Crippen MR) is 37.7 cm³/mol. The fourth-order valence-corrected chi connectivity index (χ4v) is 0.558. The Morgan fingerprint density at radius 2 is 2.33 bits per heavy atom. The first-order chi connectivity index (χ1) is 4.31. The molecule has 0 aliphatic carbocycles. The van der Waals surface area contributed by atoms with Crippen molar-refractivity contribution in [3.63, 3.8) is 0 Å². The van der Waals surface area contributed by atoms with Crippen LogP contribution in [0.1, 0.15) is 19.3 Å². The number of hydrogen-bond donors (Lipinski definition) is 2. The maximum atomic E-state index is 8.46. The molecule has 0 amide bonds. The zero-order valence-corrected chi connectivity index (χ0v) is 5.51. The molecule has 0 radical (unpaired) electrons. The smallest absolute Gasteiger partial charge is 0.0582 e. The van der Waals surface area contributed by atoms with Crippen LogP contribution in [0.15, 0.2) is 0 Å². The minimum absolute atomic E-state index is 0.0601. The van der Waals surface area contributed by atoms with E-state index < -0.39 is 0 Å². The molecular weight excluding hydrogens is 114 g/mol. The Hall–Kier alpha value is -0.520. The van der Waals surface area contributed by atoms with Gasteiger partial charge in [0.1, 0.15) is 0 Å². The van der Waals surface area contributed by atoms with Crippen LogP contribution in [-0.4, -0.2) is 17.8 Å². The van der Waals surface area contributed by atoms with Gasteiger partial charge in [-0.2, -0.15) is 0 Å². The lowest BCUT2D eigenvalue weighted by molar-refractivity contribution is 0.258. The van der Waals surface area contributed by atoms with Crippen molar-refractivity contribution in [1.29, 1.82) is 0 Å². The number of terminal acetylenes is 1. The van der Waals surface area contributed by atoms with Crippen molar-refractivity contribution in [2.45, 2.75) is 25.3 Å². The van der Waals surface area contributed by atoms with Gasteiger partial charge in [0, 0.05) is 12.5 Å². The summed E-state index contributed by atoms with van der Waals surface area (Å²) in [4.78, 5) is 0. The van der Waals surface area contributed by atoms with Crippen molar-refractivity contribution < 1.29 is 5.11 Å². The number of nitrogens with two attached hydrogens (primary N) is 1. The molecule has 0 aromatic rings. The first-order valence-corrected chi connectivity index (χ1v) is 3.11. The topological polar surface area (TPSA) is 46.2 Å². The molecular formula is C7H13NO. The monoisotopic (exact) mass is 127 g/mol. The van der Waals surface area contributed by atoms with Crippen LogP contribution >= 0.6 is 0 Å². The van der Waals surface area contributed by atoms with E-state index in [4.69, 9.17) is 17.3 Å². The van der Waals surface area contributed by atoms with E-state index in [1.54, 1.807) is 0 Å². The van der Waals surface area contributed by atoms with E-state index in [0.29, 0.717) is 0 Å². The van der Waals surface area contributed by atoms with Gasteiger partial charge in [0.05, 0.1) is 6.61 Å². The minimum atomic E-state index is -0.0849. The van der Waals surface area contributed by atoms with Crippen LogP contribution in [0.3, 0.4) is 0 Å². The molecule has 52 valence electrons. The van der Waals surface area contributed by atoms with E-state index >= 15 is 0 Å². The summed E-state index contributed by atoms with van der Waals surface area (Å²) in [7, 11) is 0. The van der Waals surface area contributed by atoms with Gasteiger partial charge in [0.15, 0.2) is 0 Å². The molecule has 0 rings (SSSR count). The Morgan fingerprint density at radius 3 is 2.78 bits per heavy atom. The second-order valence-corrected chi connectivity index (χ2v) is 2.04. The third-order valence-electron chi connectivity index (χ3n) is 1.13. The van der Waals surface area contributed by atoms with Crippen molar-refractivity contribution in [2.75, 3.05) is 6.61 Å². The molecule has 0 aromatic heterocycles. The molecule has 9 heavy (non-hydrogen) atoms. The van der Waals surface area contributed by atoms with E-state index in [9.17, 15) is 0 Å². The van der Waals surface area contributed by atoms with Gasteiger partial charge in [0.25, 0.3) is 0 Å². The van der Waals surface area contributed by atoms with E-state index in [2.05, 4.69) is 5.92 Å². The lowest BCUT2D eigenvalue weighted by atomic mass is 10.1. The third-order valence-corrected chi connectivity index (χ3v) is 1.13. The van der Waals surface area contributed by atoms with Gasteiger partial charge in [0.2, 0.25) is 0 Å². The van der Waals surface area contributed by atoms with Crippen LogP contribution in [0.4, 0.5) is 0 Å². The van der Waals surface area contributed by atoms with Crippen LogP contribution < -0.4 is 5.73 Å². The number of hydrogen-bond acceptors (Lipinski definition) is 2. The first-order valence-electron chi connectivity index (χ1n) is 3.11. The molecule has 2 heteroatoms. The van der Waals surface area contributed by atoms with E-state index in [0.717, 1.165) is 19.3 Å². The molecule has 3 N–H and O–H groups in total. The molecule has 0 aromatic carbocycles. The molecule has 0 aliphatic rings. The Balaban J connectivity index is 2.99. The third kappa shape index (κ3) is 5.35. The fourth-order valence-electron chi connectivity index (χ4n) is 0.558. The molecule has 0 heterocycles. The van der Waals surface area contributed by atoms with Gasteiger partial charge < -0.3 is 10.8 Å². The molecule has 0 aliphatic heterocycles. The lowest BCUT2D eigenvalue weighted by Crippen LogP contribution is -2.23. The maximum Gasteiger partial charge on any atom is 0.0582 e.